The summed E-state index contributed by atoms with van der Waals surface area (Å²) in [5.41, 5.74) is 2.40. The van der Waals surface area contributed by atoms with E-state index in [1.807, 2.05) is 32.2 Å². The Morgan fingerprint density at radius 2 is 2.37 bits per heavy atom. The number of nitrogens with one attached hydrogen (secondary N) is 1. The predicted molar refractivity (Wildman–Crippen MR) is 73.1 cm³/mol. The lowest BCUT2D eigenvalue weighted by Crippen LogP contribution is -2.33. The monoisotopic (exact) mass is 259 g/mol. The number of nitrogens with zero attached hydrogens (tertiary/aromatic N) is 2. The Labute approximate surface area is 111 Å². The topological polar surface area (TPSA) is 58.4 Å². The van der Waals surface area contributed by atoms with Crippen molar-refractivity contribution in [2.45, 2.75) is 13.3 Å². The first-order valence-corrected chi connectivity index (χ1v) is 6.50. The summed E-state index contributed by atoms with van der Waals surface area (Å²) in [5, 5.41) is 3.22. The van der Waals surface area contributed by atoms with Crippen LogP contribution in [0, 0.1) is 12.8 Å². The molecule has 1 aromatic carbocycles. The highest BCUT2D eigenvalue weighted by Crippen LogP contribution is 2.23. The maximum absolute atomic E-state index is 12.3. The fraction of sp³-hybridized carbons (Fsp3) is 0.429. The third-order valence-electron chi connectivity index (χ3n) is 3.61. The quantitative estimate of drug-likeness (QED) is 0.892. The highest BCUT2D eigenvalue weighted by molar-refractivity contribution is 5.96. The Morgan fingerprint density at radius 3 is 3.11 bits per heavy atom. The molecule has 5 heteroatoms. The van der Waals surface area contributed by atoms with Crippen LogP contribution in [-0.2, 0) is 4.79 Å². The summed E-state index contributed by atoms with van der Waals surface area (Å²) in [7, 11) is 1.81. The van der Waals surface area contributed by atoms with Gasteiger partial charge in [0.2, 0.25) is 5.91 Å². The van der Waals surface area contributed by atoms with Crippen LogP contribution >= 0.6 is 0 Å². The minimum atomic E-state index is 0.0831. The number of oxazole rings is 1. The van der Waals surface area contributed by atoms with Gasteiger partial charge >= 0.3 is 0 Å². The molecule has 1 saturated heterocycles. The average Bonchev–Trinajstić information content (AvgIpc) is 3.03. The van der Waals surface area contributed by atoms with Crippen LogP contribution in [0.2, 0.25) is 0 Å². The third kappa shape index (κ3) is 2.21. The normalized spacial score (nSPS) is 18.9. The second kappa shape index (κ2) is 4.66. The van der Waals surface area contributed by atoms with Crippen LogP contribution in [0.1, 0.15) is 12.3 Å². The summed E-state index contributed by atoms with van der Waals surface area (Å²) in [4.78, 5) is 18.3. The Bertz CT molecular complexity index is 614. The van der Waals surface area contributed by atoms with E-state index in [0.717, 1.165) is 36.3 Å². The van der Waals surface area contributed by atoms with Gasteiger partial charge in [0.1, 0.15) is 5.52 Å². The van der Waals surface area contributed by atoms with Gasteiger partial charge in [-0.25, -0.2) is 4.98 Å². The van der Waals surface area contributed by atoms with Crippen LogP contribution in [0.4, 0.5) is 5.69 Å². The molecule has 1 aliphatic rings. The molecule has 3 rings (SSSR count). The SMILES string of the molecule is Cc1nc2cc(N(C)C(=O)C3CCNC3)ccc2o1. The zero-order valence-electron chi connectivity index (χ0n) is 11.1. The molecule has 5 nitrogen and oxygen atoms in total. The number of benzene rings is 1. The number of carbonyl (C=O) groups excluding carboxylic acids is 1. The number of rotatable bonds is 2. The zero-order chi connectivity index (χ0) is 13.4. The van der Waals surface area contributed by atoms with Crippen molar-refractivity contribution in [3.63, 3.8) is 0 Å². The molecule has 0 saturated carbocycles. The van der Waals surface area contributed by atoms with E-state index in [2.05, 4.69) is 10.3 Å². The van der Waals surface area contributed by atoms with E-state index in [1.165, 1.54) is 0 Å². The number of fused-ring (bicyclic) bond motifs is 1. The van der Waals surface area contributed by atoms with Crippen LogP contribution in [0.25, 0.3) is 11.1 Å². The largest absolute Gasteiger partial charge is 0.441 e. The second-order valence-corrected chi connectivity index (χ2v) is 4.97. The van der Waals surface area contributed by atoms with Crippen molar-refractivity contribution in [2.24, 2.45) is 5.92 Å². The van der Waals surface area contributed by atoms with E-state index in [-0.39, 0.29) is 11.8 Å². The molecule has 19 heavy (non-hydrogen) atoms. The molecular formula is C14H17N3O2. The lowest BCUT2D eigenvalue weighted by Gasteiger charge is -2.20. The third-order valence-corrected chi connectivity index (χ3v) is 3.61. The summed E-state index contributed by atoms with van der Waals surface area (Å²) in [6, 6.07) is 5.65. The molecule has 0 radical (unpaired) electrons. The van der Waals surface area contributed by atoms with Crippen LogP contribution in [0.5, 0.6) is 0 Å². The lowest BCUT2D eigenvalue weighted by atomic mass is 10.1. The van der Waals surface area contributed by atoms with Gasteiger partial charge in [0.05, 0.1) is 5.92 Å². The maximum Gasteiger partial charge on any atom is 0.231 e. The van der Waals surface area contributed by atoms with Gasteiger partial charge in [-0.1, -0.05) is 0 Å². The molecule has 2 heterocycles. The van der Waals surface area contributed by atoms with Gasteiger partial charge in [0.15, 0.2) is 11.5 Å². The fourth-order valence-corrected chi connectivity index (χ4v) is 2.51. The first-order valence-electron chi connectivity index (χ1n) is 6.50. The van der Waals surface area contributed by atoms with Gasteiger partial charge in [0, 0.05) is 26.2 Å². The molecule has 100 valence electrons. The van der Waals surface area contributed by atoms with Gasteiger partial charge in [-0.15, -0.1) is 0 Å². The summed E-state index contributed by atoms with van der Waals surface area (Å²) in [5.74, 6) is 0.880. The first kappa shape index (κ1) is 12.2. The van der Waals surface area contributed by atoms with E-state index < -0.39 is 0 Å². The van der Waals surface area contributed by atoms with Crippen LogP contribution in [0.3, 0.4) is 0 Å². The van der Waals surface area contributed by atoms with Gasteiger partial charge in [0.25, 0.3) is 0 Å². The highest BCUT2D eigenvalue weighted by Gasteiger charge is 2.26. The number of hydrogen-bond acceptors (Lipinski definition) is 4. The van der Waals surface area contributed by atoms with Crippen molar-refractivity contribution in [1.82, 2.24) is 10.3 Å². The summed E-state index contributed by atoms with van der Waals surface area (Å²) in [6.45, 7) is 3.51. The van der Waals surface area contributed by atoms with Gasteiger partial charge in [-0.05, 0) is 31.2 Å². The molecule has 1 fully saturated rings. The van der Waals surface area contributed by atoms with Crippen LogP contribution < -0.4 is 10.2 Å². The maximum atomic E-state index is 12.3. The fourth-order valence-electron chi connectivity index (χ4n) is 2.51. The number of anilines is 1. The minimum absolute atomic E-state index is 0.0831. The van der Waals surface area contributed by atoms with Gasteiger partial charge in [-0.2, -0.15) is 0 Å². The van der Waals surface area contributed by atoms with E-state index in [4.69, 9.17) is 4.42 Å². The number of amides is 1. The summed E-state index contributed by atoms with van der Waals surface area (Å²) in [6.07, 6.45) is 0.911. The molecule has 2 aromatic rings. The van der Waals surface area contributed by atoms with Crippen molar-refractivity contribution in [3.8, 4) is 0 Å². The Hall–Kier alpha value is -1.88. The molecular weight excluding hydrogens is 242 g/mol. The van der Waals surface area contributed by atoms with E-state index in [9.17, 15) is 4.79 Å². The molecule has 1 amide bonds. The lowest BCUT2D eigenvalue weighted by molar-refractivity contribution is -0.121. The average molecular weight is 259 g/mol. The predicted octanol–water partition coefficient (Wildman–Crippen LogP) is 1.71. The van der Waals surface area contributed by atoms with Crippen LogP contribution in [0.15, 0.2) is 22.6 Å². The highest BCUT2D eigenvalue weighted by atomic mass is 16.3. The molecule has 0 aliphatic carbocycles. The van der Waals surface area contributed by atoms with E-state index >= 15 is 0 Å². The second-order valence-electron chi connectivity index (χ2n) is 4.97. The zero-order valence-corrected chi connectivity index (χ0v) is 11.1. The number of aryl methyl sites for hydroxylation is 1. The minimum Gasteiger partial charge on any atom is -0.441 e. The number of carbonyl (C=O) groups is 1. The number of hydrogen-bond donors (Lipinski definition) is 1. The molecule has 1 aromatic heterocycles. The molecule has 1 unspecified atom stereocenters. The first-order chi connectivity index (χ1) is 9.15. The van der Waals surface area contributed by atoms with Crippen molar-refractivity contribution < 1.29 is 9.21 Å². The molecule has 1 N–H and O–H groups in total. The summed E-state index contributed by atoms with van der Waals surface area (Å²) >= 11 is 0. The summed E-state index contributed by atoms with van der Waals surface area (Å²) < 4.78 is 5.44. The number of aromatic nitrogens is 1. The Morgan fingerprint density at radius 1 is 1.53 bits per heavy atom. The smallest absolute Gasteiger partial charge is 0.231 e. The molecule has 1 atom stereocenters. The van der Waals surface area contributed by atoms with Crippen molar-refractivity contribution >= 4 is 22.7 Å². The van der Waals surface area contributed by atoms with E-state index in [0.29, 0.717) is 5.89 Å². The van der Waals surface area contributed by atoms with Crippen molar-refractivity contribution in [3.05, 3.63) is 24.1 Å². The van der Waals surface area contributed by atoms with Crippen molar-refractivity contribution in [1.29, 1.82) is 0 Å². The molecule has 0 spiro atoms. The van der Waals surface area contributed by atoms with Gasteiger partial charge in [-0.3, -0.25) is 4.79 Å². The standard InChI is InChI=1S/C14H17N3O2/c1-9-16-12-7-11(3-4-13(12)19-9)17(2)14(18)10-5-6-15-8-10/h3-4,7,10,15H,5-6,8H2,1-2H3. The van der Waals surface area contributed by atoms with Crippen molar-refractivity contribution in [2.75, 3.05) is 25.0 Å². The molecule has 1 aliphatic heterocycles. The Balaban J connectivity index is 1.87. The van der Waals surface area contributed by atoms with E-state index in [1.54, 1.807) is 4.90 Å². The van der Waals surface area contributed by atoms with Gasteiger partial charge < -0.3 is 14.6 Å². The Kier molecular flexibility index (Phi) is 2.98. The van der Waals surface area contributed by atoms with Crippen LogP contribution in [-0.4, -0.2) is 31.0 Å². The molecule has 0 bridgehead atoms.